The predicted molar refractivity (Wildman–Crippen MR) is 75.2 cm³/mol. The lowest BCUT2D eigenvalue weighted by molar-refractivity contribution is 0.220. The maximum absolute atomic E-state index is 6.55. The fraction of sp³-hybridized carbons (Fsp3) is 1.00. The summed E-state index contributed by atoms with van der Waals surface area (Å²) in [4.78, 5) is 2.05. The molecule has 16 heavy (non-hydrogen) atoms. The minimum absolute atomic E-state index is 0.108. The van der Waals surface area contributed by atoms with Crippen LogP contribution in [0.2, 0.25) is 0 Å². The third-order valence-corrected chi connectivity index (χ3v) is 4.30. The van der Waals surface area contributed by atoms with Crippen LogP contribution in [0.3, 0.4) is 0 Å². The molecule has 0 aromatic carbocycles. The Kier molecular flexibility index (Phi) is 9.44. The third-order valence-electron chi connectivity index (χ3n) is 3.51. The molecule has 0 spiro atoms. The van der Waals surface area contributed by atoms with E-state index in [4.69, 9.17) is 11.6 Å². The fourth-order valence-corrected chi connectivity index (χ4v) is 2.20. The lowest BCUT2D eigenvalue weighted by Crippen LogP contribution is -2.37. The van der Waals surface area contributed by atoms with Crippen LogP contribution in [-0.2, 0) is 0 Å². The van der Waals surface area contributed by atoms with Crippen LogP contribution in [0.1, 0.15) is 71.6 Å². The van der Waals surface area contributed by atoms with E-state index in [0.717, 1.165) is 12.8 Å². The van der Waals surface area contributed by atoms with Crippen LogP contribution in [-0.4, -0.2) is 24.0 Å². The molecule has 0 heterocycles. The lowest BCUT2D eigenvalue weighted by Gasteiger charge is -2.33. The molecule has 1 nitrogen and oxygen atoms in total. The summed E-state index contributed by atoms with van der Waals surface area (Å²) < 4.78 is 0. The average molecular weight is 248 g/mol. The highest BCUT2D eigenvalue weighted by Gasteiger charge is 2.26. The Morgan fingerprint density at radius 3 is 1.81 bits per heavy atom. The molecule has 0 aliphatic rings. The second-order valence-electron chi connectivity index (χ2n) is 5.04. The van der Waals surface area contributed by atoms with Crippen LogP contribution in [0.4, 0.5) is 0 Å². The number of hydrogen-bond acceptors (Lipinski definition) is 1. The first-order chi connectivity index (χ1) is 7.56. The standard InChI is InChI=1S/C14H30ClN/c1-5-7-8-9-10-11-12-13-14(15,6-2)16(3)4/h5-13H2,1-4H3. The highest BCUT2D eigenvalue weighted by Crippen LogP contribution is 2.28. The second-order valence-corrected chi connectivity index (χ2v) is 5.74. The maximum atomic E-state index is 6.55. The topological polar surface area (TPSA) is 3.24 Å². The molecule has 0 saturated heterocycles. The number of hydrogen-bond donors (Lipinski definition) is 0. The largest absolute Gasteiger partial charge is 0.291 e. The normalized spacial score (nSPS) is 15.4. The van der Waals surface area contributed by atoms with Gasteiger partial charge in [-0.1, -0.05) is 58.8 Å². The lowest BCUT2D eigenvalue weighted by atomic mass is 10.0. The summed E-state index contributed by atoms with van der Waals surface area (Å²) in [5, 5.41) is 0. The van der Waals surface area contributed by atoms with Crippen molar-refractivity contribution < 1.29 is 0 Å². The van der Waals surface area contributed by atoms with Gasteiger partial charge in [-0.25, -0.2) is 0 Å². The van der Waals surface area contributed by atoms with Gasteiger partial charge in [0.15, 0.2) is 0 Å². The Bertz CT molecular complexity index is 159. The first kappa shape index (κ1) is 16.2. The zero-order chi connectivity index (χ0) is 12.4. The first-order valence-corrected chi connectivity index (χ1v) is 7.31. The second kappa shape index (κ2) is 9.30. The molecule has 0 aromatic heterocycles. The van der Waals surface area contributed by atoms with E-state index in [-0.39, 0.29) is 5.00 Å². The Balaban J connectivity index is 3.49. The number of rotatable bonds is 10. The Morgan fingerprint density at radius 2 is 1.38 bits per heavy atom. The van der Waals surface area contributed by atoms with E-state index in [1.807, 2.05) is 0 Å². The number of halogens is 1. The van der Waals surface area contributed by atoms with Crippen molar-refractivity contribution in [2.24, 2.45) is 0 Å². The smallest absolute Gasteiger partial charge is 0.0952 e. The minimum Gasteiger partial charge on any atom is -0.291 e. The molecule has 0 aliphatic heterocycles. The van der Waals surface area contributed by atoms with Crippen molar-refractivity contribution in [2.45, 2.75) is 76.6 Å². The summed E-state index contributed by atoms with van der Waals surface area (Å²) in [6.07, 6.45) is 11.7. The van der Waals surface area contributed by atoms with Crippen molar-refractivity contribution in [2.75, 3.05) is 14.1 Å². The van der Waals surface area contributed by atoms with Crippen LogP contribution in [0.15, 0.2) is 0 Å². The van der Waals surface area contributed by atoms with Crippen LogP contribution in [0.25, 0.3) is 0 Å². The molecular weight excluding hydrogens is 218 g/mol. The van der Waals surface area contributed by atoms with Gasteiger partial charge < -0.3 is 0 Å². The van der Waals surface area contributed by atoms with Crippen molar-refractivity contribution in [1.82, 2.24) is 4.90 Å². The van der Waals surface area contributed by atoms with Crippen molar-refractivity contribution >= 4 is 11.6 Å². The summed E-state index contributed by atoms with van der Waals surface area (Å²) in [7, 11) is 4.16. The van der Waals surface area contributed by atoms with Crippen molar-refractivity contribution in [3.8, 4) is 0 Å². The molecular formula is C14H30ClN. The maximum Gasteiger partial charge on any atom is 0.0952 e. The zero-order valence-electron chi connectivity index (χ0n) is 11.7. The van der Waals surface area contributed by atoms with Gasteiger partial charge in [0.1, 0.15) is 0 Å². The van der Waals surface area contributed by atoms with Crippen molar-refractivity contribution in [3.63, 3.8) is 0 Å². The molecule has 1 unspecified atom stereocenters. The van der Waals surface area contributed by atoms with Gasteiger partial charge >= 0.3 is 0 Å². The molecule has 2 heteroatoms. The highest BCUT2D eigenvalue weighted by molar-refractivity contribution is 6.23. The Hall–Kier alpha value is 0.250. The van der Waals surface area contributed by atoms with Crippen LogP contribution in [0, 0.1) is 0 Å². The van der Waals surface area contributed by atoms with Gasteiger partial charge in [-0.3, -0.25) is 4.90 Å². The molecule has 0 bridgehead atoms. The van der Waals surface area contributed by atoms with E-state index in [1.54, 1.807) is 0 Å². The molecule has 98 valence electrons. The minimum atomic E-state index is -0.108. The summed E-state index contributed by atoms with van der Waals surface area (Å²) >= 11 is 6.55. The van der Waals surface area contributed by atoms with Crippen LogP contribution >= 0.6 is 11.6 Å². The summed E-state index contributed by atoms with van der Waals surface area (Å²) in [5.41, 5.74) is 0. The SMILES string of the molecule is CCCCCCCCCC(Cl)(CC)N(C)C. The summed E-state index contributed by atoms with van der Waals surface area (Å²) in [6.45, 7) is 4.44. The Morgan fingerprint density at radius 1 is 0.875 bits per heavy atom. The van der Waals surface area contributed by atoms with Gasteiger partial charge in [0.2, 0.25) is 0 Å². The molecule has 0 aliphatic carbocycles. The van der Waals surface area contributed by atoms with E-state index < -0.39 is 0 Å². The number of alkyl halides is 1. The number of unbranched alkanes of at least 4 members (excludes halogenated alkanes) is 6. The van der Waals surface area contributed by atoms with Crippen LogP contribution in [0.5, 0.6) is 0 Å². The molecule has 0 rings (SSSR count). The molecule has 0 radical (unpaired) electrons. The highest BCUT2D eigenvalue weighted by atomic mass is 35.5. The van der Waals surface area contributed by atoms with E-state index >= 15 is 0 Å². The average Bonchev–Trinajstić information content (AvgIpc) is 2.27. The Labute approximate surface area is 108 Å². The first-order valence-electron chi connectivity index (χ1n) is 6.93. The van der Waals surface area contributed by atoms with Gasteiger partial charge in [0.25, 0.3) is 0 Å². The number of nitrogens with zero attached hydrogens (tertiary/aromatic N) is 1. The van der Waals surface area contributed by atoms with Crippen molar-refractivity contribution in [1.29, 1.82) is 0 Å². The molecule has 1 atom stereocenters. The van der Waals surface area contributed by atoms with E-state index in [1.165, 1.54) is 44.9 Å². The van der Waals surface area contributed by atoms with E-state index in [9.17, 15) is 0 Å². The molecule has 0 amide bonds. The van der Waals surface area contributed by atoms with Gasteiger partial charge in [-0.15, -0.1) is 11.6 Å². The quantitative estimate of drug-likeness (QED) is 0.297. The van der Waals surface area contributed by atoms with E-state index in [2.05, 4.69) is 32.8 Å². The molecule has 0 N–H and O–H groups in total. The van der Waals surface area contributed by atoms with Gasteiger partial charge in [0, 0.05) is 0 Å². The molecule has 0 saturated carbocycles. The molecule has 0 fully saturated rings. The van der Waals surface area contributed by atoms with Gasteiger partial charge in [-0.2, -0.15) is 0 Å². The van der Waals surface area contributed by atoms with Crippen LogP contribution < -0.4 is 0 Å². The van der Waals surface area contributed by atoms with Gasteiger partial charge in [0.05, 0.1) is 5.00 Å². The van der Waals surface area contributed by atoms with E-state index in [0.29, 0.717) is 0 Å². The zero-order valence-corrected chi connectivity index (χ0v) is 12.4. The third kappa shape index (κ3) is 6.75. The predicted octanol–water partition coefficient (Wildman–Crippen LogP) is 5.03. The van der Waals surface area contributed by atoms with Crippen molar-refractivity contribution in [3.05, 3.63) is 0 Å². The monoisotopic (exact) mass is 247 g/mol. The molecule has 0 aromatic rings. The summed E-state index contributed by atoms with van der Waals surface area (Å²) in [5.74, 6) is 0. The van der Waals surface area contributed by atoms with Gasteiger partial charge in [-0.05, 0) is 26.9 Å². The summed E-state index contributed by atoms with van der Waals surface area (Å²) in [6, 6.07) is 0. The fourth-order valence-electron chi connectivity index (χ4n) is 2.07.